The van der Waals surface area contributed by atoms with E-state index in [4.69, 9.17) is 4.74 Å². The Hall–Kier alpha value is -2.36. The molecule has 2 rings (SSSR count). The van der Waals surface area contributed by atoms with Crippen LogP contribution in [0, 0.1) is 5.82 Å². The van der Waals surface area contributed by atoms with Crippen LogP contribution < -0.4 is 5.32 Å². The summed E-state index contributed by atoms with van der Waals surface area (Å²) < 4.78 is 18.2. The van der Waals surface area contributed by atoms with Gasteiger partial charge >= 0.3 is 6.09 Å². The second-order valence-electron chi connectivity index (χ2n) is 6.39. The molecule has 0 aliphatic rings. The first-order valence-corrected chi connectivity index (χ1v) is 7.65. The van der Waals surface area contributed by atoms with E-state index in [1.165, 1.54) is 12.1 Å². The molecule has 0 radical (unpaired) electrons. The van der Waals surface area contributed by atoms with Crippen LogP contribution in [0.3, 0.4) is 0 Å². The first-order valence-electron chi connectivity index (χ1n) is 7.65. The van der Waals surface area contributed by atoms with Crippen LogP contribution in [-0.4, -0.2) is 18.2 Å². The number of halogens is 1. The average Bonchev–Trinajstić information content (AvgIpc) is 2.46. The molecule has 122 valence electrons. The zero-order valence-corrected chi connectivity index (χ0v) is 13.7. The van der Waals surface area contributed by atoms with Gasteiger partial charge in [0.05, 0.1) is 0 Å². The number of carbonyl (C=O) groups excluding carboxylic acids is 1. The van der Waals surface area contributed by atoms with Crippen LogP contribution in [0.4, 0.5) is 9.18 Å². The van der Waals surface area contributed by atoms with Crippen LogP contribution in [0.15, 0.2) is 48.5 Å². The van der Waals surface area contributed by atoms with Crippen molar-refractivity contribution in [3.8, 4) is 11.1 Å². The minimum atomic E-state index is -0.493. The molecule has 0 saturated carbocycles. The highest BCUT2D eigenvalue weighted by atomic mass is 19.1. The van der Waals surface area contributed by atoms with E-state index in [1.54, 1.807) is 12.1 Å². The smallest absolute Gasteiger partial charge is 0.407 e. The minimum absolute atomic E-state index is 0.244. The lowest BCUT2D eigenvalue weighted by atomic mass is 10.0. The molecule has 2 aromatic rings. The summed E-state index contributed by atoms with van der Waals surface area (Å²) in [5.41, 5.74) is 2.60. The Balaban J connectivity index is 1.93. The average molecular weight is 315 g/mol. The van der Waals surface area contributed by atoms with E-state index in [9.17, 15) is 9.18 Å². The fourth-order valence-corrected chi connectivity index (χ4v) is 2.17. The summed E-state index contributed by atoms with van der Waals surface area (Å²) in [6.07, 6.45) is 0.293. The number of nitrogens with one attached hydrogen (secondary N) is 1. The minimum Gasteiger partial charge on any atom is -0.444 e. The highest BCUT2D eigenvalue weighted by Crippen LogP contribution is 2.21. The first-order chi connectivity index (χ1) is 10.8. The van der Waals surface area contributed by atoms with Crippen molar-refractivity contribution in [3.63, 3.8) is 0 Å². The van der Waals surface area contributed by atoms with Crippen molar-refractivity contribution in [2.24, 2.45) is 0 Å². The van der Waals surface area contributed by atoms with Gasteiger partial charge in [0.2, 0.25) is 0 Å². The lowest BCUT2D eigenvalue weighted by Gasteiger charge is -2.19. The maximum Gasteiger partial charge on any atom is 0.407 e. The number of ether oxygens (including phenoxy) is 1. The Bertz CT molecular complexity index is 660. The predicted molar refractivity (Wildman–Crippen MR) is 89.8 cm³/mol. The van der Waals surface area contributed by atoms with E-state index in [2.05, 4.69) is 5.32 Å². The lowest BCUT2D eigenvalue weighted by molar-refractivity contribution is 0.0528. The van der Waals surface area contributed by atoms with Gasteiger partial charge in [-0.3, -0.25) is 0 Å². The molecule has 0 bridgehead atoms. The van der Waals surface area contributed by atoms with Crippen molar-refractivity contribution in [1.29, 1.82) is 0 Å². The molecule has 0 aliphatic heterocycles. The molecule has 0 heterocycles. The zero-order valence-electron chi connectivity index (χ0n) is 13.7. The number of alkyl carbamates (subject to hydrolysis) is 1. The molecule has 0 aromatic heterocycles. The molecule has 2 aromatic carbocycles. The molecule has 4 heteroatoms. The monoisotopic (exact) mass is 315 g/mol. The molecule has 0 atom stereocenters. The van der Waals surface area contributed by atoms with Gasteiger partial charge in [0.1, 0.15) is 11.4 Å². The Morgan fingerprint density at radius 1 is 1.09 bits per heavy atom. The van der Waals surface area contributed by atoms with Crippen LogP contribution in [-0.2, 0) is 11.2 Å². The summed E-state index contributed by atoms with van der Waals surface area (Å²) in [6, 6.07) is 14.4. The van der Waals surface area contributed by atoms with Crippen molar-refractivity contribution < 1.29 is 13.9 Å². The second kappa shape index (κ2) is 7.27. The normalized spacial score (nSPS) is 11.1. The van der Waals surface area contributed by atoms with Gasteiger partial charge in [-0.05, 0) is 56.0 Å². The number of hydrogen-bond donors (Lipinski definition) is 1. The maximum absolute atomic E-state index is 13.0. The fraction of sp³-hybridized carbons (Fsp3) is 0.316. The molecule has 0 spiro atoms. The Labute approximate surface area is 136 Å². The number of hydrogen-bond acceptors (Lipinski definition) is 2. The van der Waals surface area contributed by atoms with E-state index in [0.29, 0.717) is 13.0 Å². The van der Waals surface area contributed by atoms with Gasteiger partial charge in [-0.2, -0.15) is 0 Å². The molecular formula is C19H22FNO2. The van der Waals surface area contributed by atoms with Crippen molar-refractivity contribution in [2.75, 3.05) is 6.54 Å². The summed E-state index contributed by atoms with van der Waals surface area (Å²) in [5, 5.41) is 2.74. The lowest BCUT2D eigenvalue weighted by Crippen LogP contribution is -2.33. The van der Waals surface area contributed by atoms with E-state index < -0.39 is 11.7 Å². The van der Waals surface area contributed by atoms with Gasteiger partial charge in [-0.25, -0.2) is 9.18 Å². The summed E-state index contributed by atoms with van der Waals surface area (Å²) in [5.74, 6) is -0.244. The number of amides is 1. The number of benzene rings is 2. The third-order valence-corrected chi connectivity index (χ3v) is 3.19. The van der Waals surface area contributed by atoms with Gasteiger partial charge in [0.25, 0.3) is 0 Å². The standard InChI is InChI=1S/C19H22FNO2/c1-19(2,3)23-18(22)21-12-11-14-5-4-6-16(13-14)15-7-9-17(20)10-8-15/h4-10,13H,11-12H2,1-3H3,(H,21,22). The molecule has 1 amide bonds. The fourth-order valence-electron chi connectivity index (χ4n) is 2.17. The van der Waals surface area contributed by atoms with Crippen molar-refractivity contribution >= 4 is 6.09 Å². The Morgan fingerprint density at radius 3 is 2.43 bits per heavy atom. The van der Waals surface area contributed by atoms with Crippen molar-refractivity contribution in [3.05, 3.63) is 59.9 Å². The topological polar surface area (TPSA) is 38.3 Å². The van der Waals surface area contributed by atoms with E-state index in [-0.39, 0.29) is 5.82 Å². The maximum atomic E-state index is 13.0. The van der Waals surface area contributed by atoms with Gasteiger partial charge in [-0.1, -0.05) is 36.4 Å². The predicted octanol–water partition coefficient (Wildman–Crippen LogP) is 4.56. The summed E-state index contributed by atoms with van der Waals surface area (Å²) in [6.45, 7) is 6.00. The van der Waals surface area contributed by atoms with Gasteiger partial charge in [-0.15, -0.1) is 0 Å². The third-order valence-electron chi connectivity index (χ3n) is 3.19. The zero-order chi connectivity index (χ0) is 16.9. The van der Waals surface area contributed by atoms with Gasteiger partial charge < -0.3 is 10.1 Å². The summed E-state index contributed by atoms with van der Waals surface area (Å²) in [7, 11) is 0. The molecule has 23 heavy (non-hydrogen) atoms. The molecular weight excluding hydrogens is 293 g/mol. The molecule has 0 aliphatic carbocycles. The van der Waals surface area contributed by atoms with Crippen molar-refractivity contribution in [2.45, 2.75) is 32.8 Å². The molecule has 3 nitrogen and oxygen atoms in total. The van der Waals surface area contributed by atoms with Gasteiger partial charge in [0, 0.05) is 6.54 Å². The quantitative estimate of drug-likeness (QED) is 0.898. The Kier molecular flexibility index (Phi) is 5.37. The van der Waals surface area contributed by atoms with Crippen LogP contribution in [0.25, 0.3) is 11.1 Å². The number of carbonyl (C=O) groups is 1. The van der Waals surface area contributed by atoms with Crippen LogP contribution in [0.2, 0.25) is 0 Å². The third kappa shape index (κ3) is 5.74. The number of rotatable bonds is 4. The van der Waals surface area contributed by atoms with E-state index in [1.807, 2.05) is 45.0 Å². The van der Waals surface area contributed by atoms with Crippen molar-refractivity contribution in [1.82, 2.24) is 5.32 Å². The highest BCUT2D eigenvalue weighted by Gasteiger charge is 2.15. The summed E-state index contributed by atoms with van der Waals surface area (Å²) >= 11 is 0. The van der Waals surface area contributed by atoms with E-state index in [0.717, 1.165) is 16.7 Å². The second-order valence-corrected chi connectivity index (χ2v) is 6.39. The Morgan fingerprint density at radius 2 is 1.78 bits per heavy atom. The summed E-state index contributed by atoms with van der Waals surface area (Å²) in [4.78, 5) is 11.6. The van der Waals surface area contributed by atoms with Gasteiger partial charge in [0.15, 0.2) is 0 Å². The van der Waals surface area contributed by atoms with Crippen LogP contribution in [0.1, 0.15) is 26.3 Å². The SMILES string of the molecule is CC(C)(C)OC(=O)NCCc1cccc(-c2ccc(F)cc2)c1. The molecule has 0 saturated heterocycles. The van der Waals surface area contributed by atoms with E-state index >= 15 is 0 Å². The first kappa shape index (κ1) is 17.0. The van der Waals surface area contributed by atoms with Crippen LogP contribution in [0.5, 0.6) is 0 Å². The molecule has 1 N–H and O–H groups in total. The highest BCUT2D eigenvalue weighted by molar-refractivity contribution is 5.67. The largest absolute Gasteiger partial charge is 0.444 e. The van der Waals surface area contributed by atoms with Crippen LogP contribution >= 0.6 is 0 Å². The molecule has 0 fully saturated rings. The molecule has 0 unspecified atom stereocenters.